The van der Waals surface area contributed by atoms with Crippen LogP contribution in [0.15, 0.2) is 54.6 Å². The second-order valence-corrected chi connectivity index (χ2v) is 5.95. The molecule has 1 nitrogen and oxygen atoms in total. The van der Waals surface area contributed by atoms with E-state index in [-0.39, 0.29) is 18.4 Å². The van der Waals surface area contributed by atoms with Crippen LogP contribution in [0.1, 0.15) is 30.9 Å². The zero-order chi connectivity index (χ0) is 13.5. The van der Waals surface area contributed by atoms with E-state index in [1.165, 1.54) is 46.4 Å². The molecule has 0 amide bonds. The standard InChI is InChI=1S/C19H19N.ClH/c20-19(13-8-5-9-13)18-16-10-3-1-6-14(16)12-15-7-2-4-11-17(15)18;/h1-4,6-7,10-13,19H,5,8-9,20H2;1H/t19-;/m1./s1. The van der Waals surface area contributed by atoms with E-state index in [2.05, 4.69) is 54.6 Å². The molecule has 0 unspecified atom stereocenters. The minimum Gasteiger partial charge on any atom is -0.324 e. The van der Waals surface area contributed by atoms with Gasteiger partial charge in [-0.05, 0) is 51.9 Å². The van der Waals surface area contributed by atoms with Crippen molar-refractivity contribution in [3.63, 3.8) is 0 Å². The van der Waals surface area contributed by atoms with E-state index >= 15 is 0 Å². The molecule has 108 valence electrons. The third kappa shape index (κ3) is 2.31. The van der Waals surface area contributed by atoms with Gasteiger partial charge in [0.15, 0.2) is 0 Å². The quantitative estimate of drug-likeness (QED) is 0.645. The largest absolute Gasteiger partial charge is 0.324 e. The van der Waals surface area contributed by atoms with Crippen molar-refractivity contribution in [2.45, 2.75) is 25.3 Å². The molecule has 0 aromatic heterocycles. The van der Waals surface area contributed by atoms with Gasteiger partial charge in [-0.15, -0.1) is 12.4 Å². The molecule has 3 aromatic carbocycles. The van der Waals surface area contributed by atoms with Crippen LogP contribution in [0.5, 0.6) is 0 Å². The van der Waals surface area contributed by atoms with Gasteiger partial charge in [0, 0.05) is 6.04 Å². The fourth-order valence-corrected chi connectivity index (χ4v) is 3.44. The fourth-order valence-electron chi connectivity index (χ4n) is 3.44. The Labute approximate surface area is 131 Å². The van der Waals surface area contributed by atoms with E-state index in [0.29, 0.717) is 5.92 Å². The third-order valence-corrected chi connectivity index (χ3v) is 4.80. The summed E-state index contributed by atoms with van der Waals surface area (Å²) in [6.07, 6.45) is 3.89. The molecule has 4 rings (SSSR count). The van der Waals surface area contributed by atoms with Crippen LogP contribution in [-0.4, -0.2) is 0 Å². The summed E-state index contributed by atoms with van der Waals surface area (Å²) in [6.45, 7) is 0. The first-order chi connectivity index (χ1) is 9.84. The zero-order valence-electron chi connectivity index (χ0n) is 12.0. The SMILES string of the molecule is Cl.N[C@@H](c1c2ccccc2cc2ccccc12)C1CCC1. The number of nitrogens with two attached hydrogens (primary N) is 1. The van der Waals surface area contributed by atoms with Crippen molar-refractivity contribution in [1.29, 1.82) is 0 Å². The summed E-state index contributed by atoms with van der Waals surface area (Å²) in [5, 5.41) is 5.25. The van der Waals surface area contributed by atoms with Gasteiger partial charge in [-0.1, -0.05) is 55.0 Å². The average Bonchev–Trinajstić information content (AvgIpc) is 2.42. The van der Waals surface area contributed by atoms with Crippen molar-refractivity contribution in [3.8, 4) is 0 Å². The van der Waals surface area contributed by atoms with Crippen molar-refractivity contribution in [2.75, 3.05) is 0 Å². The van der Waals surface area contributed by atoms with E-state index in [4.69, 9.17) is 5.73 Å². The Kier molecular flexibility index (Phi) is 3.88. The number of rotatable bonds is 2. The Morgan fingerprint density at radius 3 is 1.86 bits per heavy atom. The lowest BCUT2D eigenvalue weighted by Gasteiger charge is -2.32. The molecule has 0 saturated heterocycles. The fraction of sp³-hybridized carbons (Fsp3) is 0.263. The normalized spacial score (nSPS) is 16.4. The molecule has 1 atom stereocenters. The maximum atomic E-state index is 6.63. The highest BCUT2D eigenvalue weighted by Gasteiger charge is 2.27. The van der Waals surface area contributed by atoms with Crippen LogP contribution in [0.2, 0.25) is 0 Å². The Bertz CT molecular complexity index is 723. The molecule has 0 aliphatic heterocycles. The van der Waals surface area contributed by atoms with Gasteiger partial charge in [-0.3, -0.25) is 0 Å². The molecule has 0 radical (unpaired) electrons. The third-order valence-electron chi connectivity index (χ3n) is 4.80. The molecule has 1 aliphatic rings. The topological polar surface area (TPSA) is 26.0 Å². The van der Waals surface area contributed by atoms with Gasteiger partial charge in [0.2, 0.25) is 0 Å². The van der Waals surface area contributed by atoms with Gasteiger partial charge in [-0.2, -0.15) is 0 Å². The maximum Gasteiger partial charge on any atom is 0.0335 e. The number of halogens is 1. The van der Waals surface area contributed by atoms with Gasteiger partial charge in [0.05, 0.1) is 0 Å². The second kappa shape index (κ2) is 5.67. The number of fused-ring (bicyclic) bond motifs is 2. The number of hydrogen-bond acceptors (Lipinski definition) is 1. The van der Waals surface area contributed by atoms with Crippen molar-refractivity contribution in [2.24, 2.45) is 11.7 Å². The predicted octanol–water partition coefficient (Wildman–Crippen LogP) is 5.21. The average molecular weight is 298 g/mol. The van der Waals surface area contributed by atoms with Crippen LogP contribution < -0.4 is 5.73 Å². The van der Waals surface area contributed by atoms with Crippen molar-refractivity contribution >= 4 is 34.0 Å². The highest BCUT2D eigenvalue weighted by Crippen LogP contribution is 2.41. The molecule has 1 aliphatic carbocycles. The number of benzene rings is 3. The van der Waals surface area contributed by atoms with E-state index < -0.39 is 0 Å². The van der Waals surface area contributed by atoms with Gasteiger partial charge in [0.1, 0.15) is 0 Å². The Hall–Kier alpha value is -1.57. The summed E-state index contributed by atoms with van der Waals surface area (Å²) >= 11 is 0. The van der Waals surface area contributed by atoms with Gasteiger partial charge >= 0.3 is 0 Å². The minimum atomic E-state index is 0. The molecule has 21 heavy (non-hydrogen) atoms. The molecule has 0 bridgehead atoms. The second-order valence-electron chi connectivity index (χ2n) is 5.95. The monoisotopic (exact) mass is 297 g/mol. The Morgan fingerprint density at radius 2 is 1.38 bits per heavy atom. The maximum absolute atomic E-state index is 6.63. The highest BCUT2D eigenvalue weighted by atomic mass is 35.5. The lowest BCUT2D eigenvalue weighted by molar-refractivity contribution is 0.266. The number of hydrogen-bond donors (Lipinski definition) is 1. The summed E-state index contributed by atoms with van der Waals surface area (Å²) in [5.74, 6) is 0.657. The minimum absolute atomic E-state index is 0. The van der Waals surface area contributed by atoms with Crippen molar-refractivity contribution < 1.29 is 0 Å². The molecule has 0 spiro atoms. The summed E-state index contributed by atoms with van der Waals surface area (Å²) in [5.41, 5.74) is 7.98. The van der Waals surface area contributed by atoms with Crippen molar-refractivity contribution in [3.05, 3.63) is 60.2 Å². The summed E-state index contributed by atoms with van der Waals surface area (Å²) in [4.78, 5) is 0. The first kappa shape index (κ1) is 14.4. The zero-order valence-corrected chi connectivity index (χ0v) is 12.8. The molecule has 2 N–H and O–H groups in total. The van der Waals surface area contributed by atoms with Crippen LogP contribution in [0.3, 0.4) is 0 Å². The van der Waals surface area contributed by atoms with E-state index in [1.807, 2.05) is 0 Å². The first-order valence-corrected chi connectivity index (χ1v) is 7.50. The Morgan fingerprint density at radius 1 is 0.857 bits per heavy atom. The van der Waals surface area contributed by atoms with E-state index in [1.54, 1.807) is 0 Å². The molecule has 2 heteroatoms. The lowest BCUT2D eigenvalue weighted by atomic mass is 9.75. The molecular weight excluding hydrogens is 278 g/mol. The van der Waals surface area contributed by atoms with Crippen LogP contribution in [0.25, 0.3) is 21.5 Å². The molecule has 3 aromatic rings. The van der Waals surface area contributed by atoms with Gasteiger partial charge in [-0.25, -0.2) is 0 Å². The van der Waals surface area contributed by atoms with Crippen LogP contribution in [0, 0.1) is 5.92 Å². The summed E-state index contributed by atoms with van der Waals surface area (Å²) in [7, 11) is 0. The first-order valence-electron chi connectivity index (χ1n) is 7.50. The molecule has 1 saturated carbocycles. The summed E-state index contributed by atoms with van der Waals surface area (Å²) in [6, 6.07) is 19.7. The molecular formula is C19H20ClN. The van der Waals surface area contributed by atoms with Gasteiger partial charge in [0.25, 0.3) is 0 Å². The van der Waals surface area contributed by atoms with Gasteiger partial charge < -0.3 is 5.73 Å². The summed E-state index contributed by atoms with van der Waals surface area (Å²) < 4.78 is 0. The van der Waals surface area contributed by atoms with Crippen LogP contribution >= 0.6 is 12.4 Å². The predicted molar refractivity (Wildman–Crippen MR) is 93.0 cm³/mol. The lowest BCUT2D eigenvalue weighted by Crippen LogP contribution is -2.27. The van der Waals surface area contributed by atoms with E-state index in [9.17, 15) is 0 Å². The molecule has 0 heterocycles. The smallest absolute Gasteiger partial charge is 0.0335 e. The Balaban J connectivity index is 0.00000132. The van der Waals surface area contributed by atoms with Crippen LogP contribution in [-0.2, 0) is 0 Å². The van der Waals surface area contributed by atoms with Crippen LogP contribution in [0.4, 0.5) is 0 Å². The molecule has 1 fully saturated rings. The van der Waals surface area contributed by atoms with E-state index in [0.717, 1.165) is 0 Å². The highest BCUT2D eigenvalue weighted by molar-refractivity contribution is 6.02. The van der Waals surface area contributed by atoms with Crippen molar-refractivity contribution in [1.82, 2.24) is 0 Å².